The lowest BCUT2D eigenvalue weighted by Crippen LogP contribution is -2.38. The van der Waals surface area contributed by atoms with Crippen molar-refractivity contribution in [1.82, 2.24) is 20.0 Å². The second-order valence-electron chi connectivity index (χ2n) is 5.58. The fourth-order valence-electron chi connectivity index (χ4n) is 2.63. The SMILES string of the molecule is CNC(c1c(Br)cnn1CCN(C)C)C1SCCSC1C. The van der Waals surface area contributed by atoms with Gasteiger partial charge in [-0.05, 0) is 37.1 Å². The molecule has 0 aromatic carbocycles. The maximum atomic E-state index is 4.56. The van der Waals surface area contributed by atoms with Crippen molar-refractivity contribution in [3.05, 3.63) is 16.4 Å². The Morgan fingerprint density at radius 3 is 2.81 bits per heavy atom. The van der Waals surface area contributed by atoms with E-state index in [9.17, 15) is 0 Å². The van der Waals surface area contributed by atoms with Crippen LogP contribution in [0.1, 0.15) is 18.7 Å². The molecule has 0 amide bonds. The largest absolute Gasteiger partial charge is 0.311 e. The lowest BCUT2D eigenvalue weighted by molar-refractivity contribution is 0.362. The predicted octanol–water partition coefficient (Wildman–Crippen LogP) is 2.70. The zero-order valence-corrected chi connectivity index (χ0v) is 16.4. The molecule has 1 aliphatic heterocycles. The Hall–Kier alpha value is 0.310. The highest BCUT2D eigenvalue weighted by Crippen LogP contribution is 2.40. The fraction of sp³-hybridized carbons (Fsp3) is 0.786. The monoisotopic (exact) mass is 392 g/mol. The van der Waals surface area contributed by atoms with E-state index in [1.807, 2.05) is 6.20 Å². The summed E-state index contributed by atoms with van der Waals surface area (Å²) >= 11 is 7.87. The van der Waals surface area contributed by atoms with E-state index in [-0.39, 0.29) is 0 Å². The van der Waals surface area contributed by atoms with Crippen molar-refractivity contribution in [3.63, 3.8) is 0 Å². The predicted molar refractivity (Wildman–Crippen MR) is 98.4 cm³/mol. The maximum absolute atomic E-state index is 4.56. The minimum Gasteiger partial charge on any atom is -0.311 e. The molecular formula is C14H25BrN4S2. The number of hydrogen-bond donors (Lipinski definition) is 1. The Morgan fingerprint density at radius 2 is 2.19 bits per heavy atom. The smallest absolute Gasteiger partial charge is 0.0707 e. The molecule has 7 heteroatoms. The number of thioether (sulfide) groups is 2. The van der Waals surface area contributed by atoms with Gasteiger partial charge in [0.1, 0.15) is 0 Å². The summed E-state index contributed by atoms with van der Waals surface area (Å²) in [7, 11) is 6.26. The molecular weight excluding hydrogens is 368 g/mol. The second-order valence-corrected chi connectivity index (χ2v) is 9.21. The summed E-state index contributed by atoms with van der Waals surface area (Å²) in [5.74, 6) is 2.50. The molecule has 3 atom stereocenters. The molecule has 0 aliphatic carbocycles. The van der Waals surface area contributed by atoms with Gasteiger partial charge in [-0.1, -0.05) is 6.92 Å². The molecule has 0 spiro atoms. The molecule has 0 saturated carbocycles. The van der Waals surface area contributed by atoms with E-state index >= 15 is 0 Å². The third kappa shape index (κ3) is 4.41. The highest BCUT2D eigenvalue weighted by atomic mass is 79.9. The van der Waals surface area contributed by atoms with Gasteiger partial charge in [-0.2, -0.15) is 28.6 Å². The summed E-state index contributed by atoms with van der Waals surface area (Å²) in [6.07, 6.45) is 1.93. The average molecular weight is 393 g/mol. The van der Waals surface area contributed by atoms with Gasteiger partial charge >= 0.3 is 0 Å². The van der Waals surface area contributed by atoms with Gasteiger partial charge < -0.3 is 10.2 Å². The van der Waals surface area contributed by atoms with Crippen molar-refractivity contribution >= 4 is 39.5 Å². The standard InChI is InChI=1S/C14H25BrN4S2/c1-10-14(21-8-7-20-10)12(16-2)13-11(15)9-17-19(13)6-5-18(3)4/h9-10,12,14,16H,5-8H2,1-4H3. The quantitative estimate of drug-likeness (QED) is 0.804. The Balaban J connectivity index is 2.22. The first-order chi connectivity index (χ1) is 10.0. The number of halogens is 1. The van der Waals surface area contributed by atoms with Crippen LogP contribution in [0.2, 0.25) is 0 Å². The summed E-state index contributed by atoms with van der Waals surface area (Å²) in [6, 6.07) is 0.330. The number of rotatable bonds is 6. The highest BCUT2D eigenvalue weighted by Gasteiger charge is 2.33. The molecule has 4 nitrogen and oxygen atoms in total. The Morgan fingerprint density at radius 1 is 1.48 bits per heavy atom. The zero-order chi connectivity index (χ0) is 15.4. The molecule has 1 aromatic heterocycles. The summed E-state index contributed by atoms with van der Waals surface area (Å²) in [4.78, 5) is 2.20. The van der Waals surface area contributed by atoms with E-state index in [4.69, 9.17) is 0 Å². The van der Waals surface area contributed by atoms with Crippen LogP contribution >= 0.6 is 39.5 Å². The molecule has 1 fully saturated rings. The fourth-order valence-corrected chi connectivity index (χ4v) is 6.13. The van der Waals surface area contributed by atoms with Gasteiger partial charge in [-0.3, -0.25) is 4.68 Å². The first-order valence-corrected chi connectivity index (χ1v) is 10.2. The minimum atomic E-state index is 0.330. The van der Waals surface area contributed by atoms with Gasteiger partial charge in [0.15, 0.2) is 0 Å². The third-order valence-corrected chi connectivity index (χ3v) is 7.57. The van der Waals surface area contributed by atoms with Crippen LogP contribution in [0.25, 0.3) is 0 Å². The molecule has 120 valence electrons. The Kier molecular flexibility index (Phi) is 6.93. The van der Waals surface area contributed by atoms with Gasteiger partial charge in [0.2, 0.25) is 0 Å². The molecule has 1 N–H and O–H groups in total. The number of aromatic nitrogens is 2. The highest BCUT2D eigenvalue weighted by molar-refractivity contribution is 9.10. The Labute approximate surface area is 144 Å². The van der Waals surface area contributed by atoms with Crippen molar-refractivity contribution in [3.8, 4) is 0 Å². The van der Waals surface area contributed by atoms with Crippen LogP contribution in [0.5, 0.6) is 0 Å². The molecule has 0 bridgehead atoms. The third-order valence-electron chi connectivity index (χ3n) is 3.76. The van der Waals surface area contributed by atoms with Crippen LogP contribution in [-0.4, -0.2) is 64.4 Å². The summed E-state index contributed by atoms with van der Waals surface area (Å²) in [5, 5.41) is 9.34. The molecule has 3 unspecified atom stereocenters. The van der Waals surface area contributed by atoms with Crippen molar-refractivity contribution in [2.24, 2.45) is 0 Å². The van der Waals surface area contributed by atoms with Crippen molar-refractivity contribution in [1.29, 1.82) is 0 Å². The van der Waals surface area contributed by atoms with E-state index in [0.29, 0.717) is 16.5 Å². The molecule has 2 rings (SSSR count). The number of hydrogen-bond acceptors (Lipinski definition) is 5. The van der Waals surface area contributed by atoms with Crippen LogP contribution in [0.3, 0.4) is 0 Å². The van der Waals surface area contributed by atoms with Crippen LogP contribution in [0, 0.1) is 0 Å². The van der Waals surface area contributed by atoms with E-state index in [1.54, 1.807) is 0 Å². The van der Waals surface area contributed by atoms with Crippen LogP contribution in [0.4, 0.5) is 0 Å². The minimum absolute atomic E-state index is 0.330. The van der Waals surface area contributed by atoms with Gasteiger partial charge in [-0.15, -0.1) is 0 Å². The second kappa shape index (κ2) is 8.24. The van der Waals surface area contributed by atoms with Crippen LogP contribution in [0.15, 0.2) is 10.7 Å². The lowest BCUT2D eigenvalue weighted by atomic mass is 10.1. The lowest BCUT2D eigenvalue weighted by Gasteiger charge is -2.35. The number of nitrogens with zero attached hydrogens (tertiary/aromatic N) is 3. The first-order valence-electron chi connectivity index (χ1n) is 7.31. The van der Waals surface area contributed by atoms with Crippen molar-refractivity contribution in [2.75, 3.05) is 39.2 Å². The first kappa shape index (κ1) is 17.7. The average Bonchev–Trinajstić information content (AvgIpc) is 2.81. The Bertz CT molecular complexity index is 452. The number of likely N-dealkylation sites (N-methyl/N-ethyl adjacent to an activating group) is 1. The van der Waals surface area contributed by atoms with E-state index in [1.165, 1.54) is 17.2 Å². The number of nitrogens with one attached hydrogen (secondary N) is 1. The van der Waals surface area contributed by atoms with Crippen LogP contribution in [-0.2, 0) is 6.54 Å². The molecule has 1 aliphatic rings. The topological polar surface area (TPSA) is 33.1 Å². The summed E-state index contributed by atoms with van der Waals surface area (Å²) in [6.45, 7) is 4.27. The molecule has 21 heavy (non-hydrogen) atoms. The van der Waals surface area contributed by atoms with Crippen molar-refractivity contribution in [2.45, 2.75) is 30.0 Å². The molecule has 1 saturated heterocycles. The van der Waals surface area contributed by atoms with E-state index in [0.717, 1.165) is 17.6 Å². The summed E-state index contributed by atoms with van der Waals surface area (Å²) < 4.78 is 3.27. The van der Waals surface area contributed by atoms with E-state index < -0.39 is 0 Å². The molecule has 2 heterocycles. The molecule has 0 radical (unpaired) electrons. The molecule has 1 aromatic rings. The maximum Gasteiger partial charge on any atom is 0.0707 e. The van der Waals surface area contributed by atoms with Gasteiger partial charge in [0.05, 0.1) is 29.0 Å². The van der Waals surface area contributed by atoms with E-state index in [2.05, 4.69) is 87.5 Å². The summed E-state index contributed by atoms with van der Waals surface area (Å²) in [5.41, 5.74) is 1.28. The van der Waals surface area contributed by atoms with Gasteiger partial charge in [0, 0.05) is 28.6 Å². The van der Waals surface area contributed by atoms with Gasteiger partial charge in [-0.25, -0.2) is 0 Å². The van der Waals surface area contributed by atoms with Gasteiger partial charge in [0.25, 0.3) is 0 Å². The zero-order valence-electron chi connectivity index (χ0n) is 13.2. The van der Waals surface area contributed by atoms with Crippen LogP contribution < -0.4 is 5.32 Å². The van der Waals surface area contributed by atoms with Crippen molar-refractivity contribution < 1.29 is 0 Å². The normalized spacial score (nSPS) is 24.5.